The summed E-state index contributed by atoms with van der Waals surface area (Å²) in [6.45, 7) is 0. The van der Waals surface area contributed by atoms with Crippen LogP contribution < -0.4 is 5.11 Å². The minimum atomic E-state index is -4.82. The number of alkyl halides is 5. The molecule has 0 heterocycles. The fraction of sp³-hybridized carbons (Fsp3) is 0.333. The Morgan fingerprint density at radius 2 is 1.81 bits per heavy atom. The molecule has 0 radical (unpaired) electrons. The summed E-state index contributed by atoms with van der Waals surface area (Å²) >= 11 is 13.9. The third-order valence-corrected chi connectivity index (χ3v) is 3.23. The van der Waals surface area contributed by atoms with Gasteiger partial charge in [-0.05, 0) is 12.1 Å². The van der Waals surface area contributed by atoms with Crippen molar-refractivity contribution in [3.05, 3.63) is 34.3 Å². The van der Waals surface area contributed by atoms with Crippen LogP contribution in [0.4, 0.5) is 13.2 Å². The van der Waals surface area contributed by atoms with Gasteiger partial charge in [0.1, 0.15) is 10.5 Å². The van der Waals surface area contributed by atoms with Gasteiger partial charge in [-0.2, -0.15) is 13.2 Å². The molecule has 1 rings (SSSR count). The number of hydrogen-bond donors (Lipinski definition) is 0. The number of rotatable bonds is 5. The molecule has 21 heavy (non-hydrogen) atoms. The van der Waals surface area contributed by atoms with E-state index in [1.807, 2.05) is 0 Å². The highest BCUT2D eigenvalue weighted by atomic mass is 79.9. The number of carboxylic acid groups (broad SMARTS) is 1. The Labute approximate surface area is 136 Å². The molecule has 1 atom stereocenters. The molecule has 0 saturated carbocycles. The van der Waals surface area contributed by atoms with Crippen LogP contribution in [0.1, 0.15) is 12.0 Å². The summed E-state index contributed by atoms with van der Waals surface area (Å²) in [6, 6.07) is 3.32. The molecule has 0 N–H and O–H groups in total. The van der Waals surface area contributed by atoms with Gasteiger partial charge in [0.15, 0.2) is 0 Å². The van der Waals surface area contributed by atoms with Crippen LogP contribution in [-0.2, 0) is 4.79 Å². The van der Waals surface area contributed by atoms with Gasteiger partial charge in [-0.1, -0.05) is 28.1 Å². The average Bonchev–Trinajstić information content (AvgIpc) is 2.33. The molecule has 0 fully saturated rings. The lowest BCUT2D eigenvalue weighted by atomic mass is 10.1. The van der Waals surface area contributed by atoms with Gasteiger partial charge in [-0.15, -0.1) is 23.2 Å². The average molecular weight is 406 g/mol. The zero-order valence-corrected chi connectivity index (χ0v) is 13.3. The van der Waals surface area contributed by atoms with E-state index in [1.54, 1.807) is 0 Å². The summed E-state index contributed by atoms with van der Waals surface area (Å²) in [7, 11) is 0. The highest BCUT2D eigenvalue weighted by Gasteiger charge is 2.37. The Morgan fingerprint density at radius 1 is 1.29 bits per heavy atom. The second kappa shape index (κ2) is 7.47. The van der Waals surface area contributed by atoms with Gasteiger partial charge in [-0.3, -0.25) is 4.99 Å². The molecule has 0 bridgehead atoms. The van der Waals surface area contributed by atoms with Gasteiger partial charge < -0.3 is 9.90 Å². The highest BCUT2D eigenvalue weighted by Crippen LogP contribution is 2.25. The molecule has 9 heteroatoms. The van der Waals surface area contributed by atoms with Crippen molar-refractivity contribution in [3.63, 3.8) is 0 Å². The number of aliphatic carboxylic acids is 1. The fourth-order valence-corrected chi connectivity index (χ4v) is 2.05. The van der Waals surface area contributed by atoms with E-state index in [1.165, 1.54) is 24.3 Å². The zero-order valence-electron chi connectivity index (χ0n) is 10.2. The van der Waals surface area contributed by atoms with Crippen LogP contribution in [0.3, 0.4) is 0 Å². The summed E-state index contributed by atoms with van der Waals surface area (Å²) in [5, 5.41) is 10.9. The Kier molecular flexibility index (Phi) is 6.49. The Bertz CT molecular complexity index is 532. The number of carbonyl (C=O) groups is 1. The smallest absolute Gasteiger partial charge is 0.433 e. The maximum absolute atomic E-state index is 13.0. The van der Waals surface area contributed by atoms with Crippen molar-refractivity contribution >= 4 is 50.8 Å². The van der Waals surface area contributed by atoms with Crippen LogP contribution in [0.15, 0.2) is 33.7 Å². The highest BCUT2D eigenvalue weighted by molar-refractivity contribution is 9.10. The van der Waals surface area contributed by atoms with E-state index >= 15 is 0 Å². The summed E-state index contributed by atoms with van der Waals surface area (Å²) in [6.07, 6.45) is -5.31. The van der Waals surface area contributed by atoms with E-state index in [0.717, 1.165) is 0 Å². The van der Waals surface area contributed by atoms with E-state index < -0.39 is 35.2 Å². The Balaban J connectivity index is 3.26. The van der Waals surface area contributed by atoms with Gasteiger partial charge >= 0.3 is 6.18 Å². The van der Waals surface area contributed by atoms with Crippen molar-refractivity contribution in [3.8, 4) is 0 Å². The fourth-order valence-electron chi connectivity index (χ4n) is 1.45. The SMILES string of the molecule is O=C([O-])[C@H](CC(Cl)Cl)N=C(c1ccc(Br)cc1)C(F)(F)F. The third kappa shape index (κ3) is 5.84. The van der Waals surface area contributed by atoms with Crippen molar-refractivity contribution in [2.24, 2.45) is 4.99 Å². The predicted octanol–water partition coefficient (Wildman–Crippen LogP) is 3.11. The number of aliphatic imine (C=N–C) groups is 1. The van der Waals surface area contributed by atoms with Gasteiger partial charge in [-0.25, -0.2) is 0 Å². The maximum atomic E-state index is 13.0. The second-order valence-electron chi connectivity index (χ2n) is 3.94. The summed E-state index contributed by atoms with van der Waals surface area (Å²) < 4.78 is 39.7. The minimum Gasteiger partial charge on any atom is -0.548 e. The number of benzene rings is 1. The predicted molar refractivity (Wildman–Crippen MR) is 75.6 cm³/mol. The summed E-state index contributed by atoms with van der Waals surface area (Å²) in [4.78, 5) is 12.9. The minimum absolute atomic E-state index is 0.266. The maximum Gasteiger partial charge on any atom is 0.433 e. The quantitative estimate of drug-likeness (QED) is 0.558. The van der Waals surface area contributed by atoms with Gasteiger partial charge in [0.2, 0.25) is 0 Å². The van der Waals surface area contributed by atoms with Crippen LogP contribution in [0, 0.1) is 0 Å². The lowest BCUT2D eigenvalue weighted by Gasteiger charge is -2.18. The number of halogens is 6. The van der Waals surface area contributed by atoms with Crippen molar-refractivity contribution < 1.29 is 23.1 Å². The van der Waals surface area contributed by atoms with Crippen molar-refractivity contribution in [2.45, 2.75) is 23.5 Å². The van der Waals surface area contributed by atoms with Crippen LogP contribution in [-0.4, -0.2) is 28.7 Å². The lowest BCUT2D eigenvalue weighted by Crippen LogP contribution is -2.38. The van der Waals surface area contributed by atoms with Crippen molar-refractivity contribution in [2.75, 3.05) is 0 Å². The molecule has 0 amide bonds. The molecule has 0 unspecified atom stereocenters. The standard InChI is InChI=1S/C12H9BrCl2F3NO2/c13-7-3-1-6(2-4-7)10(12(16,17)18)19-8(11(20)21)5-9(14)15/h1-4,8-9H,5H2,(H,20,21)/p-1/t8-/m0/s1. The third-order valence-electron chi connectivity index (χ3n) is 2.34. The van der Waals surface area contributed by atoms with Crippen LogP contribution in [0.5, 0.6) is 0 Å². The molecule has 0 spiro atoms. The largest absolute Gasteiger partial charge is 0.548 e. The summed E-state index contributed by atoms with van der Waals surface area (Å²) in [5.41, 5.74) is -1.59. The zero-order chi connectivity index (χ0) is 16.2. The molecule has 116 valence electrons. The van der Waals surface area contributed by atoms with E-state index in [0.29, 0.717) is 4.47 Å². The van der Waals surface area contributed by atoms with Crippen LogP contribution >= 0.6 is 39.1 Å². The number of carboxylic acids is 1. The molecule has 3 nitrogen and oxygen atoms in total. The first-order valence-electron chi connectivity index (χ1n) is 5.51. The first-order chi connectivity index (χ1) is 9.61. The number of carbonyl (C=O) groups excluding carboxylic acids is 1. The first-order valence-corrected chi connectivity index (χ1v) is 7.17. The van der Waals surface area contributed by atoms with Gasteiger partial charge in [0, 0.05) is 16.5 Å². The van der Waals surface area contributed by atoms with Crippen LogP contribution in [0.25, 0.3) is 0 Å². The molecule has 1 aromatic rings. The lowest BCUT2D eigenvalue weighted by molar-refractivity contribution is -0.307. The topological polar surface area (TPSA) is 52.5 Å². The monoisotopic (exact) mass is 404 g/mol. The van der Waals surface area contributed by atoms with E-state index in [4.69, 9.17) is 23.2 Å². The van der Waals surface area contributed by atoms with Crippen molar-refractivity contribution in [1.82, 2.24) is 0 Å². The first kappa shape index (κ1) is 18.3. The molecule has 1 aromatic carbocycles. The van der Waals surface area contributed by atoms with E-state index in [2.05, 4.69) is 20.9 Å². The molecule has 0 aliphatic heterocycles. The Hall–Kier alpha value is -0.790. The molecule has 0 aliphatic rings. The van der Waals surface area contributed by atoms with Gasteiger partial charge in [0.25, 0.3) is 0 Å². The normalized spacial score (nSPS) is 14.3. The molecule has 0 aliphatic carbocycles. The molecule has 0 saturated heterocycles. The van der Waals surface area contributed by atoms with E-state index in [-0.39, 0.29) is 5.56 Å². The van der Waals surface area contributed by atoms with Gasteiger partial charge in [0.05, 0.1) is 12.0 Å². The molecule has 0 aromatic heterocycles. The number of nitrogens with zero attached hydrogens (tertiary/aromatic N) is 1. The van der Waals surface area contributed by atoms with E-state index in [9.17, 15) is 23.1 Å². The Morgan fingerprint density at radius 3 is 2.19 bits per heavy atom. The molecular weight excluding hydrogens is 398 g/mol. The second-order valence-corrected chi connectivity index (χ2v) is 6.14. The molecular formula is C12H8BrCl2F3NO2-. The van der Waals surface area contributed by atoms with Crippen molar-refractivity contribution in [1.29, 1.82) is 0 Å². The number of hydrogen-bond acceptors (Lipinski definition) is 3. The van der Waals surface area contributed by atoms with Crippen LogP contribution in [0.2, 0.25) is 0 Å². The summed E-state index contributed by atoms with van der Waals surface area (Å²) in [5.74, 6) is -1.78.